The molecule has 0 spiro atoms. The summed E-state index contributed by atoms with van der Waals surface area (Å²) in [5, 5.41) is 49.0. The van der Waals surface area contributed by atoms with Crippen LogP contribution in [0.3, 0.4) is 0 Å². The molecule has 2 fully saturated rings. The molecule has 1 unspecified atom stereocenters. The first-order valence-corrected chi connectivity index (χ1v) is 46.6. The molecule has 736 valence electrons. The first kappa shape index (κ1) is 104. The number of hydrogen-bond donors (Lipinski definition) is 14. The summed E-state index contributed by atoms with van der Waals surface area (Å²) in [6, 6.07) is 78.3. The predicted molar refractivity (Wildman–Crippen MR) is 571 cm³/mol. The van der Waals surface area contributed by atoms with Gasteiger partial charge in [-0.3, -0.25) is 28.9 Å². The van der Waals surface area contributed by atoms with Crippen LogP contribution >= 0.6 is 11.8 Å². The van der Waals surface area contributed by atoms with E-state index in [1.165, 1.54) is 42.1 Å². The first-order chi connectivity index (χ1) is 70.5. The van der Waals surface area contributed by atoms with E-state index in [9.17, 15) is 32.8 Å². The zero-order chi connectivity index (χ0) is 102. The molecule has 9 aromatic carbocycles. The molecule has 6 aromatic heterocycles. The van der Waals surface area contributed by atoms with Gasteiger partial charge in [0.1, 0.15) is 34.0 Å². The second kappa shape index (κ2) is 53.6. The predicted octanol–water partition coefficient (Wildman–Crippen LogP) is 21.1. The van der Waals surface area contributed by atoms with Crippen LogP contribution in [0.5, 0.6) is 11.5 Å². The highest BCUT2D eigenvalue weighted by molar-refractivity contribution is 7.99. The smallest absolute Gasteiger partial charge is 0.247 e. The fraction of sp³-hybridized carbons (Fsp3) is 0.130. The second-order valence-corrected chi connectivity index (χ2v) is 33.1. The number of hydrogen-bond acceptors (Lipinski definition) is 30. The van der Waals surface area contributed by atoms with Crippen molar-refractivity contribution in [3.63, 3.8) is 0 Å². The normalized spacial score (nSPS) is 12.2. The van der Waals surface area contributed by atoms with Crippen LogP contribution in [0.1, 0.15) is 29.5 Å². The lowest BCUT2D eigenvalue weighted by Crippen LogP contribution is -2.47. The van der Waals surface area contributed by atoms with E-state index in [-0.39, 0.29) is 65.7 Å². The van der Waals surface area contributed by atoms with E-state index in [0.29, 0.717) is 88.1 Å². The molecule has 0 saturated carbocycles. The molecule has 0 radical (unpaired) electrons. The van der Waals surface area contributed by atoms with Gasteiger partial charge in [-0.15, -0.1) is 0 Å². The van der Waals surface area contributed by atoms with E-state index < -0.39 is 11.6 Å². The van der Waals surface area contributed by atoms with Gasteiger partial charge in [-0.25, -0.2) is 43.7 Å². The Bertz CT molecular complexity index is 6790. The fourth-order valence-electron chi connectivity index (χ4n) is 14.0. The number of likely N-dealkylation sites (tertiary alicyclic amines) is 1. The number of aliphatic hydroxyl groups is 1. The van der Waals surface area contributed by atoms with Crippen LogP contribution in [0.2, 0.25) is 0 Å². The quantitative estimate of drug-likeness (QED) is 0.0132. The summed E-state index contributed by atoms with van der Waals surface area (Å²) in [5.74, 6) is 3.11. The van der Waals surface area contributed by atoms with Gasteiger partial charge in [0.2, 0.25) is 59.3 Å². The number of piperazine rings is 1. The average molecular weight is 1970 g/mol. The minimum absolute atomic E-state index is 0.0142. The largest absolute Gasteiger partial charge is 0.457 e. The van der Waals surface area contributed by atoms with Gasteiger partial charge >= 0.3 is 0 Å². The minimum atomic E-state index is -0.600. The van der Waals surface area contributed by atoms with Crippen molar-refractivity contribution < 1.29 is 42.6 Å². The minimum Gasteiger partial charge on any atom is -0.457 e. The topological polar surface area (TPSA) is 423 Å². The van der Waals surface area contributed by atoms with Gasteiger partial charge in [0.15, 0.2) is 23.3 Å². The monoisotopic (exact) mass is 1960 g/mol. The molecule has 15 aromatic rings. The highest BCUT2D eigenvalue weighted by atomic mass is 32.2. The number of aromatic nitrogens is 11. The number of aliphatic hydroxyl groups excluding tert-OH is 1. The van der Waals surface area contributed by atoms with Crippen molar-refractivity contribution in [2.75, 3.05) is 126 Å². The highest BCUT2D eigenvalue weighted by Gasteiger charge is 2.25. The summed E-state index contributed by atoms with van der Waals surface area (Å²) in [7, 11) is 0. The standard InChI is InChI=1S/C25H20FN5O2.C25H30N8O2.C20H18N4OS.C19H16FN5O.C19H23N5O/c1-2-23(32)28-18-7-6-8-19(15-18)30-25-27-16-22(26)24(31-25)29-17-11-13-21(14-12-17)33-20-9-4-3-5-10-20;1-3-23(35)28-19-5-4-6-20(15-19)29-24-18(2)17-27-25(31-24)30-22-16-21(7-8-26-22)33-11-9-32(10-12-33)13-14-34;1-3-18(25)22-16-10-7-11-17(12-16)26-19-14(2)13-21-20(24-19)23-15-8-5-4-6-9-15;1-2-17(26)22-14-9-6-10-15(11-14)23-18-16(20)12-21-19(25-18)24-13-7-4-3-5-8-13;1-3-17(25)24-11-7-10-16(13-24)21-18-14(2)12-20-19(23-18)22-15-8-5-4-6-9-15/h2-16H,1H2,(H,28,32)(H2,27,29,30,31);3-8,15-17,34H,1,9-14H2,2H3,(H,28,35)(H2,26,27,29,30,31);3-13H,1H2,2H3,(H,22,25)(H,21,23,24);2-12H,1H2,(H,22,26)(H2,21,23,24,25);3-6,8-9,12,16H,1,7,10-11,13H2,2H3,(H2,20,21,22,23). The van der Waals surface area contributed by atoms with Crippen LogP contribution in [0.15, 0.2) is 365 Å². The van der Waals surface area contributed by atoms with Crippen molar-refractivity contribution in [1.29, 1.82) is 0 Å². The Morgan fingerprint density at radius 1 is 0.393 bits per heavy atom. The van der Waals surface area contributed by atoms with Crippen molar-refractivity contribution in [2.45, 2.75) is 49.6 Å². The molecular weight excluding hydrogens is 1860 g/mol. The third-order valence-corrected chi connectivity index (χ3v) is 22.3. The van der Waals surface area contributed by atoms with Gasteiger partial charge in [0.25, 0.3) is 0 Å². The number of β-amino-alcohol motifs (C(OH)–C–C–N with tert-alkyl or cyclic N) is 1. The van der Waals surface area contributed by atoms with Gasteiger partial charge in [0.05, 0.1) is 19.0 Å². The van der Waals surface area contributed by atoms with E-state index in [0.717, 1.165) is 125 Å². The number of halogens is 2. The first-order valence-electron chi connectivity index (χ1n) is 45.8. The highest BCUT2D eigenvalue weighted by Crippen LogP contribution is 2.34. The number of rotatable bonds is 34. The van der Waals surface area contributed by atoms with Gasteiger partial charge in [0, 0.05) is 173 Å². The summed E-state index contributed by atoms with van der Waals surface area (Å²) in [5.41, 5.74) is 11.7. The Morgan fingerprint density at radius 2 is 0.786 bits per heavy atom. The Morgan fingerprint density at radius 3 is 1.28 bits per heavy atom. The molecule has 8 heterocycles. The lowest BCUT2D eigenvalue weighted by Gasteiger charge is -2.35. The number of carbonyl (C=O) groups excluding carboxylic acids is 5. The number of para-hydroxylation sites is 4. The van der Waals surface area contributed by atoms with Crippen molar-refractivity contribution in [3.05, 3.63) is 384 Å². The van der Waals surface area contributed by atoms with E-state index in [1.807, 2.05) is 202 Å². The maximum absolute atomic E-state index is 14.3. The van der Waals surface area contributed by atoms with Gasteiger partial charge < -0.3 is 88.8 Å². The molecule has 37 heteroatoms. The summed E-state index contributed by atoms with van der Waals surface area (Å²) in [6.07, 6.45) is 17.5. The molecule has 1 atom stereocenters. The number of aryl methyl sites for hydroxylation is 3. The summed E-state index contributed by atoms with van der Waals surface area (Å²) in [4.78, 5) is 113. The Hall–Kier alpha value is -18.5. The van der Waals surface area contributed by atoms with Crippen molar-refractivity contribution in [1.82, 2.24) is 64.6 Å². The van der Waals surface area contributed by atoms with Crippen LogP contribution in [-0.4, -0.2) is 158 Å². The van der Waals surface area contributed by atoms with Gasteiger partial charge in [-0.1, -0.05) is 142 Å². The molecule has 34 nitrogen and oxygen atoms in total. The maximum atomic E-state index is 14.3. The molecule has 2 aliphatic heterocycles. The van der Waals surface area contributed by atoms with Crippen molar-refractivity contribution in [2.24, 2.45) is 0 Å². The number of nitrogens with one attached hydrogen (secondary N) is 13. The van der Waals surface area contributed by atoms with E-state index >= 15 is 0 Å². The number of piperidine rings is 1. The molecule has 5 amide bonds. The Balaban J connectivity index is 0.000000153. The lowest BCUT2D eigenvalue weighted by molar-refractivity contribution is -0.127. The number of ether oxygens (including phenoxy) is 1. The van der Waals surface area contributed by atoms with Crippen LogP contribution in [0.4, 0.5) is 136 Å². The fourth-order valence-corrected chi connectivity index (χ4v) is 14.9. The molecule has 2 saturated heterocycles. The molecule has 2 aliphatic rings. The zero-order valence-corrected chi connectivity index (χ0v) is 80.4. The number of anilines is 22. The van der Waals surface area contributed by atoms with Crippen LogP contribution < -0.4 is 78.8 Å². The molecule has 14 N–H and O–H groups in total. The Labute approximate surface area is 841 Å². The molecule has 145 heavy (non-hydrogen) atoms. The third kappa shape index (κ3) is 33.4. The molecule has 17 rings (SSSR count). The van der Waals surface area contributed by atoms with Crippen LogP contribution in [0.25, 0.3) is 0 Å². The number of nitrogens with zero attached hydrogens (tertiary/aromatic N) is 14. The summed E-state index contributed by atoms with van der Waals surface area (Å²) in [6.45, 7) is 29.2. The summed E-state index contributed by atoms with van der Waals surface area (Å²) >= 11 is 1.52. The third-order valence-electron chi connectivity index (χ3n) is 21.2. The van der Waals surface area contributed by atoms with E-state index in [2.05, 4.69) is 167 Å². The summed E-state index contributed by atoms with van der Waals surface area (Å²) < 4.78 is 34.1. The van der Waals surface area contributed by atoms with Crippen molar-refractivity contribution >= 4 is 168 Å². The number of benzene rings is 9. The van der Waals surface area contributed by atoms with Crippen molar-refractivity contribution in [3.8, 4) is 11.5 Å². The SMILES string of the molecule is C=CC(=O)N1CCCC(Nc2nc(Nc3ccccc3)ncc2C)C1.C=CC(=O)Nc1cccc(Nc2nc(Nc3cc(N4CCN(CCO)CC4)ccn3)ncc2C)c1.C=CC(=O)Nc1cccc(Nc2nc(Nc3ccccc3)ncc2F)c1.C=CC(=O)Nc1cccc(Nc2ncc(F)c(Nc3ccc(Oc4ccccc4)cc3)n2)c1.C=CC(=O)Nc1cccc(Sc2nc(Nc3ccccc3)ncc2C)c1. The number of pyridine rings is 1. The average Bonchev–Trinajstić information content (AvgIpc) is 0.504. The van der Waals surface area contributed by atoms with Crippen LogP contribution in [-0.2, 0) is 24.0 Å². The maximum Gasteiger partial charge on any atom is 0.247 e. The van der Waals surface area contributed by atoms with Gasteiger partial charge in [-0.05, 0) is 216 Å². The van der Waals surface area contributed by atoms with E-state index in [1.54, 1.807) is 104 Å². The van der Waals surface area contributed by atoms with Gasteiger partial charge in [-0.2, -0.15) is 19.9 Å². The van der Waals surface area contributed by atoms with Crippen LogP contribution in [0, 0.1) is 32.4 Å². The zero-order valence-electron chi connectivity index (χ0n) is 79.6. The molecule has 0 aliphatic carbocycles. The lowest BCUT2D eigenvalue weighted by atomic mass is 10.1. The number of amides is 5. The second-order valence-electron chi connectivity index (χ2n) is 32.0. The molecular formula is C108H107F2N27O7S. The Kier molecular flexibility index (Phi) is 38.4. The van der Waals surface area contributed by atoms with E-state index in [4.69, 9.17) is 9.84 Å². The number of carbonyl (C=O) groups is 5. The molecule has 0 bridgehead atoms.